The topological polar surface area (TPSA) is 79.4 Å². The minimum absolute atomic E-state index is 0.152. The first-order chi connectivity index (χ1) is 14.5. The van der Waals surface area contributed by atoms with Crippen molar-refractivity contribution in [1.29, 1.82) is 0 Å². The van der Waals surface area contributed by atoms with Crippen molar-refractivity contribution in [2.24, 2.45) is 5.92 Å². The third-order valence-electron chi connectivity index (χ3n) is 5.24. The van der Waals surface area contributed by atoms with Crippen molar-refractivity contribution >= 4 is 34.9 Å². The van der Waals surface area contributed by atoms with Crippen molar-refractivity contribution < 1.29 is 9.53 Å². The number of likely N-dealkylation sites (N-methyl/N-ethyl adjacent to an activating group) is 1. The molecule has 2 N–H and O–H groups in total. The molecule has 0 bridgehead atoms. The lowest BCUT2D eigenvalue weighted by molar-refractivity contribution is -0.144. The number of carbonyl (C=O) groups excluding carboxylic acids is 1. The summed E-state index contributed by atoms with van der Waals surface area (Å²) >= 11 is 6.04. The molecule has 0 amide bonds. The van der Waals surface area contributed by atoms with Crippen molar-refractivity contribution in [2.45, 2.75) is 38.6 Å². The number of nitrogens with one attached hydrogen (secondary N) is 2. The van der Waals surface area contributed by atoms with Crippen molar-refractivity contribution in [3.05, 3.63) is 41.7 Å². The normalized spacial score (nSPS) is 18.8. The third-order valence-corrected chi connectivity index (χ3v) is 5.47. The second-order valence-corrected chi connectivity index (χ2v) is 8.22. The number of aromatic nitrogens is 2. The highest BCUT2D eigenvalue weighted by Gasteiger charge is 2.23. The first kappa shape index (κ1) is 22.3. The van der Waals surface area contributed by atoms with Crippen LogP contribution in [0.5, 0.6) is 0 Å². The molecular weight excluding hydrogens is 402 g/mol. The lowest BCUT2D eigenvalue weighted by atomic mass is 9.85. The minimum atomic E-state index is -0.152. The molecule has 0 aliphatic heterocycles. The molecule has 8 heteroatoms. The average molecular weight is 432 g/mol. The van der Waals surface area contributed by atoms with Gasteiger partial charge in [0.05, 0.1) is 13.2 Å². The number of hydrogen-bond acceptors (Lipinski definition) is 7. The summed E-state index contributed by atoms with van der Waals surface area (Å²) < 4.78 is 5.02. The zero-order valence-corrected chi connectivity index (χ0v) is 18.4. The standard InChI is InChI=1S/C22H30ClN5O2/c1-3-30-22(29)14-28(2)13-16-7-9-18(10-8-16)26-20-12-21(25-15-24-20)27-19-6-4-5-17(23)11-19/h4-6,11-12,15-16,18H,3,7-10,13-14H2,1-2H3,(H2,24,25,26,27). The number of esters is 1. The van der Waals surface area contributed by atoms with E-state index in [-0.39, 0.29) is 5.97 Å². The summed E-state index contributed by atoms with van der Waals surface area (Å²) in [5.41, 5.74) is 0.889. The molecule has 0 atom stereocenters. The zero-order valence-electron chi connectivity index (χ0n) is 17.6. The second kappa shape index (κ2) is 11.1. The number of nitrogens with zero attached hydrogens (tertiary/aromatic N) is 3. The molecule has 0 unspecified atom stereocenters. The predicted octanol–water partition coefficient (Wildman–Crippen LogP) is 4.34. The summed E-state index contributed by atoms with van der Waals surface area (Å²) in [7, 11) is 1.98. The van der Waals surface area contributed by atoms with Gasteiger partial charge in [0.15, 0.2) is 0 Å². The molecule has 0 radical (unpaired) electrons. The van der Waals surface area contributed by atoms with Gasteiger partial charge in [-0.15, -0.1) is 0 Å². The first-order valence-electron chi connectivity index (χ1n) is 10.5. The Morgan fingerprint density at radius 1 is 1.20 bits per heavy atom. The van der Waals surface area contributed by atoms with Crippen LogP contribution in [0.3, 0.4) is 0 Å². The Hall–Kier alpha value is -2.38. The number of carbonyl (C=O) groups is 1. The Bertz CT molecular complexity index is 827. The maximum absolute atomic E-state index is 11.6. The number of anilines is 3. The molecule has 1 heterocycles. The highest BCUT2D eigenvalue weighted by molar-refractivity contribution is 6.30. The smallest absolute Gasteiger partial charge is 0.320 e. The average Bonchev–Trinajstić information content (AvgIpc) is 2.70. The summed E-state index contributed by atoms with van der Waals surface area (Å²) in [6.07, 6.45) is 5.98. The Labute approximate surface area is 183 Å². The summed E-state index contributed by atoms with van der Waals surface area (Å²) in [4.78, 5) is 22.3. The molecule has 30 heavy (non-hydrogen) atoms. The first-order valence-corrected chi connectivity index (χ1v) is 10.8. The Balaban J connectivity index is 1.45. The van der Waals surface area contributed by atoms with Crippen LogP contribution in [-0.2, 0) is 9.53 Å². The van der Waals surface area contributed by atoms with E-state index >= 15 is 0 Å². The Kier molecular flexibility index (Phi) is 8.28. The number of rotatable bonds is 9. The van der Waals surface area contributed by atoms with Crippen LogP contribution in [0, 0.1) is 5.92 Å². The SMILES string of the molecule is CCOC(=O)CN(C)CC1CCC(Nc2cc(Nc3cccc(Cl)c3)ncn2)CC1. The Morgan fingerprint density at radius 2 is 1.97 bits per heavy atom. The molecule has 1 saturated carbocycles. The monoisotopic (exact) mass is 431 g/mol. The predicted molar refractivity (Wildman–Crippen MR) is 120 cm³/mol. The molecule has 7 nitrogen and oxygen atoms in total. The fourth-order valence-electron chi connectivity index (χ4n) is 3.85. The largest absolute Gasteiger partial charge is 0.465 e. The van der Waals surface area contributed by atoms with E-state index in [0.29, 0.717) is 30.1 Å². The van der Waals surface area contributed by atoms with Crippen molar-refractivity contribution in [3.8, 4) is 0 Å². The lowest BCUT2D eigenvalue weighted by Crippen LogP contribution is -2.35. The number of halogens is 1. The quantitative estimate of drug-likeness (QED) is 0.571. The fraction of sp³-hybridized carbons (Fsp3) is 0.500. The molecular formula is C22H30ClN5O2. The summed E-state index contributed by atoms with van der Waals surface area (Å²) in [5.74, 6) is 2.00. The van der Waals surface area contributed by atoms with Gasteiger partial charge in [0.25, 0.3) is 0 Å². The van der Waals surface area contributed by atoms with Gasteiger partial charge >= 0.3 is 5.97 Å². The van der Waals surface area contributed by atoms with E-state index in [1.807, 2.05) is 44.3 Å². The van der Waals surface area contributed by atoms with E-state index in [4.69, 9.17) is 16.3 Å². The van der Waals surface area contributed by atoms with E-state index in [9.17, 15) is 4.79 Å². The van der Waals surface area contributed by atoms with E-state index < -0.39 is 0 Å². The fourth-order valence-corrected chi connectivity index (χ4v) is 4.04. The van der Waals surface area contributed by atoms with Crippen LogP contribution < -0.4 is 10.6 Å². The third kappa shape index (κ3) is 7.15. The molecule has 0 spiro atoms. The molecule has 1 aromatic carbocycles. The summed E-state index contributed by atoms with van der Waals surface area (Å²) in [6.45, 7) is 3.55. The summed E-state index contributed by atoms with van der Waals surface area (Å²) in [6, 6.07) is 9.85. The molecule has 0 saturated heterocycles. The van der Waals surface area contributed by atoms with Crippen LogP contribution in [0.2, 0.25) is 5.02 Å². The van der Waals surface area contributed by atoms with Crippen LogP contribution in [0.15, 0.2) is 36.7 Å². The zero-order chi connectivity index (χ0) is 21.3. The molecule has 162 valence electrons. The molecule has 3 rings (SSSR count). The molecule has 1 aliphatic rings. The van der Waals surface area contributed by atoms with E-state index in [1.165, 1.54) is 0 Å². The highest BCUT2D eigenvalue weighted by Crippen LogP contribution is 2.27. The van der Waals surface area contributed by atoms with E-state index in [0.717, 1.165) is 49.6 Å². The van der Waals surface area contributed by atoms with Gasteiger partial charge in [0.2, 0.25) is 0 Å². The van der Waals surface area contributed by atoms with Gasteiger partial charge in [-0.05, 0) is 63.8 Å². The molecule has 2 aromatic rings. The number of benzene rings is 1. The molecule has 1 aliphatic carbocycles. The van der Waals surface area contributed by atoms with Crippen molar-refractivity contribution in [3.63, 3.8) is 0 Å². The van der Waals surface area contributed by atoms with Crippen LogP contribution in [-0.4, -0.2) is 53.6 Å². The highest BCUT2D eigenvalue weighted by atomic mass is 35.5. The van der Waals surface area contributed by atoms with Gasteiger partial charge in [-0.25, -0.2) is 9.97 Å². The van der Waals surface area contributed by atoms with Crippen LogP contribution in [0.1, 0.15) is 32.6 Å². The van der Waals surface area contributed by atoms with Crippen molar-refractivity contribution in [2.75, 3.05) is 37.4 Å². The minimum Gasteiger partial charge on any atom is -0.465 e. The number of hydrogen-bond donors (Lipinski definition) is 2. The van der Waals surface area contributed by atoms with E-state index in [2.05, 4.69) is 25.5 Å². The van der Waals surface area contributed by atoms with E-state index in [1.54, 1.807) is 6.33 Å². The summed E-state index contributed by atoms with van der Waals surface area (Å²) in [5, 5.41) is 7.47. The maximum Gasteiger partial charge on any atom is 0.320 e. The van der Waals surface area contributed by atoms with Gasteiger partial charge in [0.1, 0.15) is 18.0 Å². The van der Waals surface area contributed by atoms with Crippen molar-refractivity contribution in [1.82, 2.24) is 14.9 Å². The molecule has 1 fully saturated rings. The van der Waals surface area contributed by atoms with Gasteiger partial charge in [-0.3, -0.25) is 9.69 Å². The van der Waals surface area contributed by atoms with Crippen LogP contribution in [0.4, 0.5) is 17.3 Å². The Morgan fingerprint density at radius 3 is 2.70 bits per heavy atom. The maximum atomic E-state index is 11.6. The molecule has 1 aromatic heterocycles. The van der Waals surface area contributed by atoms with Gasteiger partial charge < -0.3 is 15.4 Å². The van der Waals surface area contributed by atoms with Gasteiger partial charge in [-0.2, -0.15) is 0 Å². The lowest BCUT2D eigenvalue weighted by Gasteiger charge is -2.31. The number of ether oxygens (including phenoxy) is 1. The van der Waals surface area contributed by atoms with Crippen LogP contribution in [0.25, 0.3) is 0 Å². The van der Waals surface area contributed by atoms with Gasteiger partial charge in [-0.1, -0.05) is 17.7 Å². The second-order valence-electron chi connectivity index (χ2n) is 7.79. The van der Waals surface area contributed by atoms with Crippen LogP contribution >= 0.6 is 11.6 Å². The van der Waals surface area contributed by atoms with Gasteiger partial charge in [0, 0.05) is 29.4 Å².